The first-order valence-corrected chi connectivity index (χ1v) is 6.93. The van der Waals surface area contributed by atoms with Gasteiger partial charge in [-0.05, 0) is 24.3 Å². The van der Waals surface area contributed by atoms with Gasteiger partial charge in [-0.1, -0.05) is 29.3 Å². The summed E-state index contributed by atoms with van der Waals surface area (Å²) >= 11 is 12.4. The Bertz CT molecular complexity index is 747. The van der Waals surface area contributed by atoms with Gasteiger partial charge in [0.05, 0.1) is 13.2 Å². The van der Waals surface area contributed by atoms with E-state index >= 15 is 0 Å². The van der Waals surface area contributed by atoms with Crippen molar-refractivity contribution in [3.05, 3.63) is 63.9 Å². The van der Waals surface area contributed by atoms with Crippen LogP contribution in [0.4, 0.5) is 0 Å². The summed E-state index contributed by atoms with van der Waals surface area (Å²) in [5, 5.41) is 11.6. The first kappa shape index (κ1) is 13.4. The van der Waals surface area contributed by atoms with Crippen LogP contribution in [0.3, 0.4) is 0 Å². The van der Waals surface area contributed by atoms with E-state index in [1.54, 1.807) is 6.20 Å². The van der Waals surface area contributed by atoms with Crippen LogP contribution in [0.25, 0.3) is 11.0 Å². The molecule has 0 aliphatic carbocycles. The summed E-state index contributed by atoms with van der Waals surface area (Å²) in [7, 11) is 0. The first-order chi connectivity index (χ1) is 9.70. The number of halogens is 2. The molecule has 3 aromatic rings. The Kier molecular flexibility index (Phi) is 3.66. The van der Waals surface area contributed by atoms with Crippen LogP contribution in [-0.2, 0) is 13.2 Å². The Morgan fingerprint density at radius 1 is 1.10 bits per heavy atom. The molecule has 0 spiro atoms. The van der Waals surface area contributed by atoms with Gasteiger partial charge in [0.25, 0.3) is 0 Å². The Labute approximate surface area is 126 Å². The monoisotopic (exact) mass is 306 g/mol. The maximum absolute atomic E-state index is 9.43. The summed E-state index contributed by atoms with van der Waals surface area (Å²) in [5.41, 5.74) is 2.51. The van der Waals surface area contributed by atoms with E-state index in [1.165, 1.54) is 0 Å². The van der Waals surface area contributed by atoms with E-state index in [-0.39, 0.29) is 6.61 Å². The second-order valence-corrected chi connectivity index (χ2v) is 5.33. The summed E-state index contributed by atoms with van der Waals surface area (Å²) in [4.78, 5) is 4.37. The van der Waals surface area contributed by atoms with Crippen LogP contribution in [0.1, 0.15) is 11.1 Å². The minimum absolute atomic E-state index is 0.0224. The number of hydrogen-bond acceptors (Lipinski definition) is 2. The molecular weight excluding hydrogens is 295 g/mol. The minimum atomic E-state index is -0.0224. The summed E-state index contributed by atoms with van der Waals surface area (Å²) in [6.07, 6.45) is 3.62. The molecule has 20 heavy (non-hydrogen) atoms. The topological polar surface area (TPSA) is 38.0 Å². The summed E-state index contributed by atoms with van der Waals surface area (Å²) < 4.78 is 1.95. The molecule has 1 aromatic carbocycles. The highest BCUT2D eigenvalue weighted by Gasteiger charge is 2.12. The largest absolute Gasteiger partial charge is 0.392 e. The SMILES string of the molecule is OCc1cn(Cc2c(Cl)cccc2Cl)c2ncccc12. The normalized spacial score (nSPS) is 11.2. The molecule has 0 atom stereocenters. The van der Waals surface area contributed by atoms with Gasteiger partial charge in [0.1, 0.15) is 5.65 Å². The van der Waals surface area contributed by atoms with E-state index < -0.39 is 0 Å². The van der Waals surface area contributed by atoms with Crippen molar-refractivity contribution in [2.75, 3.05) is 0 Å². The van der Waals surface area contributed by atoms with Gasteiger partial charge in [0.15, 0.2) is 0 Å². The molecule has 0 unspecified atom stereocenters. The van der Waals surface area contributed by atoms with Gasteiger partial charge in [-0.15, -0.1) is 0 Å². The van der Waals surface area contributed by atoms with Crippen molar-refractivity contribution in [3.8, 4) is 0 Å². The molecular formula is C15H12Cl2N2O. The molecule has 0 aliphatic rings. The number of pyridine rings is 1. The fourth-order valence-electron chi connectivity index (χ4n) is 2.30. The molecule has 3 nitrogen and oxygen atoms in total. The summed E-state index contributed by atoms with van der Waals surface area (Å²) in [6, 6.07) is 9.25. The molecule has 5 heteroatoms. The zero-order chi connectivity index (χ0) is 14.1. The Morgan fingerprint density at radius 3 is 2.55 bits per heavy atom. The molecule has 1 N–H and O–H groups in total. The standard InChI is InChI=1S/C15H12Cl2N2O/c16-13-4-1-5-14(17)12(13)8-19-7-10(9-20)11-3-2-6-18-15(11)19/h1-7,20H,8-9H2. The van der Waals surface area contributed by atoms with Crippen molar-refractivity contribution in [3.63, 3.8) is 0 Å². The fourth-order valence-corrected chi connectivity index (χ4v) is 2.81. The van der Waals surface area contributed by atoms with Gasteiger partial charge in [-0.25, -0.2) is 4.98 Å². The van der Waals surface area contributed by atoms with E-state index in [9.17, 15) is 5.11 Å². The lowest BCUT2D eigenvalue weighted by molar-refractivity contribution is 0.283. The van der Waals surface area contributed by atoms with Crippen LogP contribution in [-0.4, -0.2) is 14.7 Å². The first-order valence-electron chi connectivity index (χ1n) is 6.17. The van der Waals surface area contributed by atoms with E-state index in [1.807, 2.05) is 41.1 Å². The van der Waals surface area contributed by atoms with E-state index in [0.717, 1.165) is 22.2 Å². The number of nitrogens with zero attached hydrogens (tertiary/aromatic N) is 2. The van der Waals surface area contributed by atoms with Crippen LogP contribution in [0.15, 0.2) is 42.7 Å². The number of rotatable bonds is 3. The van der Waals surface area contributed by atoms with Crippen molar-refractivity contribution in [1.82, 2.24) is 9.55 Å². The summed E-state index contributed by atoms with van der Waals surface area (Å²) in [6.45, 7) is 0.497. The molecule has 0 radical (unpaired) electrons. The molecule has 0 saturated carbocycles. The smallest absolute Gasteiger partial charge is 0.140 e. The van der Waals surface area contributed by atoms with Crippen LogP contribution in [0, 0.1) is 0 Å². The highest BCUT2D eigenvalue weighted by atomic mass is 35.5. The van der Waals surface area contributed by atoms with Gasteiger partial charge in [-0.3, -0.25) is 0 Å². The minimum Gasteiger partial charge on any atom is -0.392 e. The van der Waals surface area contributed by atoms with Gasteiger partial charge in [0, 0.05) is 39.0 Å². The second-order valence-electron chi connectivity index (χ2n) is 4.52. The van der Waals surface area contributed by atoms with Crippen LogP contribution < -0.4 is 0 Å². The van der Waals surface area contributed by atoms with Gasteiger partial charge in [0.2, 0.25) is 0 Å². The Balaban J connectivity index is 2.12. The van der Waals surface area contributed by atoms with Gasteiger partial charge < -0.3 is 9.67 Å². The van der Waals surface area contributed by atoms with Crippen LogP contribution >= 0.6 is 23.2 Å². The average Bonchev–Trinajstić information content (AvgIpc) is 2.81. The molecule has 3 rings (SSSR count). The van der Waals surface area contributed by atoms with Crippen molar-refractivity contribution < 1.29 is 5.11 Å². The number of fused-ring (bicyclic) bond motifs is 1. The molecule has 0 bridgehead atoms. The number of hydrogen-bond donors (Lipinski definition) is 1. The zero-order valence-corrected chi connectivity index (χ0v) is 12.1. The molecule has 0 amide bonds. The molecule has 0 aliphatic heterocycles. The maximum Gasteiger partial charge on any atom is 0.140 e. The third-order valence-electron chi connectivity index (χ3n) is 3.28. The quantitative estimate of drug-likeness (QED) is 0.797. The Hall–Kier alpha value is -1.55. The predicted octanol–water partition coefficient (Wildman–Crippen LogP) is 3.88. The van der Waals surface area contributed by atoms with Crippen molar-refractivity contribution in [2.45, 2.75) is 13.2 Å². The fraction of sp³-hybridized carbons (Fsp3) is 0.133. The zero-order valence-electron chi connectivity index (χ0n) is 10.6. The molecule has 102 valence electrons. The van der Waals surface area contributed by atoms with Gasteiger partial charge in [-0.2, -0.15) is 0 Å². The average molecular weight is 307 g/mol. The molecule has 2 heterocycles. The van der Waals surface area contributed by atoms with E-state index in [2.05, 4.69) is 4.98 Å². The Morgan fingerprint density at radius 2 is 1.85 bits per heavy atom. The lowest BCUT2D eigenvalue weighted by Gasteiger charge is -2.08. The van der Waals surface area contributed by atoms with Crippen molar-refractivity contribution in [2.24, 2.45) is 0 Å². The van der Waals surface area contributed by atoms with E-state index in [4.69, 9.17) is 23.2 Å². The number of benzene rings is 1. The highest BCUT2D eigenvalue weighted by molar-refractivity contribution is 6.36. The lowest BCUT2D eigenvalue weighted by atomic mass is 10.2. The van der Waals surface area contributed by atoms with E-state index in [0.29, 0.717) is 16.6 Å². The summed E-state index contributed by atoms with van der Waals surface area (Å²) in [5.74, 6) is 0. The molecule has 0 fully saturated rings. The third-order valence-corrected chi connectivity index (χ3v) is 3.99. The highest BCUT2D eigenvalue weighted by Crippen LogP contribution is 2.27. The lowest BCUT2D eigenvalue weighted by Crippen LogP contribution is -2.00. The van der Waals surface area contributed by atoms with Crippen molar-refractivity contribution in [1.29, 1.82) is 0 Å². The predicted molar refractivity (Wildman–Crippen MR) is 81.2 cm³/mol. The van der Waals surface area contributed by atoms with Crippen LogP contribution in [0.2, 0.25) is 10.0 Å². The second kappa shape index (κ2) is 5.44. The number of aliphatic hydroxyl groups excluding tert-OH is 1. The molecule has 0 saturated heterocycles. The maximum atomic E-state index is 9.43. The molecule has 2 aromatic heterocycles. The van der Waals surface area contributed by atoms with Gasteiger partial charge >= 0.3 is 0 Å². The number of aromatic nitrogens is 2. The number of aliphatic hydroxyl groups is 1. The van der Waals surface area contributed by atoms with Crippen molar-refractivity contribution >= 4 is 34.2 Å². The van der Waals surface area contributed by atoms with Crippen LogP contribution in [0.5, 0.6) is 0 Å². The third kappa shape index (κ3) is 2.29.